The predicted molar refractivity (Wildman–Crippen MR) is 92.6 cm³/mol. The van der Waals surface area contributed by atoms with Crippen LogP contribution in [0.1, 0.15) is 48.0 Å². The first kappa shape index (κ1) is 19.9. The third-order valence-electron chi connectivity index (χ3n) is 4.25. The van der Waals surface area contributed by atoms with E-state index in [1.807, 2.05) is 12.2 Å². The molecule has 0 aromatic carbocycles. The molecule has 3 nitrogen and oxygen atoms in total. The van der Waals surface area contributed by atoms with Gasteiger partial charge in [0.2, 0.25) is 5.91 Å². The van der Waals surface area contributed by atoms with E-state index in [9.17, 15) is 4.79 Å². The van der Waals surface area contributed by atoms with Gasteiger partial charge in [-0.1, -0.05) is 47.5 Å². The van der Waals surface area contributed by atoms with E-state index in [0.717, 1.165) is 0 Å². The van der Waals surface area contributed by atoms with Crippen molar-refractivity contribution in [3.8, 4) is 11.5 Å². The molecule has 2 N–H and O–H groups in total. The zero-order chi connectivity index (χ0) is 16.6. The fraction of sp³-hybridized carbons (Fsp3) is 0.706. The Hall–Kier alpha value is -1.05. The SMILES string of the molecule is CO[C@@H](/C=C/C#C[Si](C(C)C)(C(C)C)C(C)C)CC(N)=O. The average molecular weight is 310 g/mol. The zero-order valence-corrected chi connectivity index (χ0v) is 15.6. The van der Waals surface area contributed by atoms with Gasteiger partial charge in [0.05, 0.1) is 12.5 Å². The molecule has 0 aromatic heterocycles. The molecule has 0 unspecified atom stereocenters. The number of rotatable bonds is 7. The van der Waals surface area contributed by atoms with Crippen LogP contribution in [0.15, 0.2) is 12.2 Å². The normalized spacial score (nSPS) is 13.8. The molecule has 0 aliphatic carbocycles. The van der Waals surface area contributed by atoms with E-state index < -0.39 is 8.07 Å². The van der Waals surface area contributed by atoms with Crippen molar-refractivity contribution in [3.05, 3.63) is 12.2 Å². The second-order valence-corrected chi connectivity index (χ2v) is 12.1. The highest BCUT2D eigenvalue weighted by molar-refractivity contribution is 6.90. The first-order valence-corrected chi connectivity index (χ1v) is 9.92. The standard InChI is InChI=1S/C17H31NO2Si/c1-13(2)21(14(3)4,15(5)6)11-9-8-10-16(20-7)12-17(18)19/h8,10,13-16H,12H2,1-7H3,(H2,18,19)/b10-8+/t16-/m0/s1. The van der Waals surface area contributed by atoms with Crippen molar-refractivity contribution in [3.63, 3.8) is 0 Å². The van der Waals surface area contributed by atoms with Crippen LogP contribution in [-0.4, -0.2) is 27.2 Å². The van der Waals surface area contributed by atoms with Gasteiger partial charge < -0.3 is 10.5 Å². The number of primary amides is 1. The van der Waals surface area contributed by atoms with E-state index in [4.69, 9.17) is 10.5 Å². The first-order chi connectivity index (χ1) is 9.68. The van der Waals surface area contributed by atoms with E-state index >= 15 is 0 Å². The predicted octanol–water partition coefficient (Wildman–Crippen LogP) is 3.65. The van der Waals surface area contributed by atoms with Crippen molar-refractivity contribution in [1.82, 2.24) is 0 Å². The van der Waals surface area contributed by atoms with Crippen molar-refractivity contribution < 1.29 is 9.53 Å². The summed E-state index contributed by atoms with van der Waals surface area (Å²) >= 11 is 0. The molecule has 0 bridgehead atoms. The van der Waals surface area contributed by atoms with Gasteiger partial charge in [-0.05, 0) is 28.8 Å². The molecule has 0 aromatic rings. The molecular weight excluding hydrogens is 278 g/mol. The summed E-state index contributed by atoms with van der Waals surface area (Å²) < 4.78 is 5.19. The second-order valence-electron chi connectivity index (χ2n) is 6.47. The van der Waals surface area contributed by atoms with Crippen LogP contribution in [0.25, 0.3) is 0 Å². The van der Waals surface area contributed by atoms with Crippen LogP contribution < -0.4 is 5.73 Å². The van der Waals surface area contributed by atoms with Gasteiger partial charge in [0.15, 0.2) is 0 Å². The highest BCUT2D eigenvalue weighted by atomic mass is 28.3. The minimum absolute atomic E-state index is 0.190. The largest absolute Gasteiger partial charge is 0.377 e. The van der Waals surface area contributed by atoms with E-state index in [0.29, 0.717) is 16.6 Å². The third-order valence-corrected chi connectivity index (χ3v) is 10.6. The fourth-order valence-electron chi connectivity index (χ4n) is 3.18. The molecule has 0 saturated heterocycles. The molecule has 0 aliphatic heterocycles. The Bertz CT molecular complexity index is 394. The van der Waals surface area contributed by atoms with Crippen LogP contribution in [0.4, 0.5) is 0 Å². The first-order valence-electron chi connectivity index (χ1n) is 7.68. The Labute approximate surface area is 131 Å². The number of hydrogen-bond acceptors (Lipinski definition) is 2. The molecule has 1 amide bonds. The average Bonchev–Trinajstić information content (AvgIpc) is 2.35. The second kappa shape index (κ2) is 9.06. The summed E-state index contributed by atoms with van der Waals surface area (Å²) in [6, 6.07) is 0. The Kier molecular flexibility index (Phi) is 8.61. The molecular formula is C17H31NO2Si. The number of methoxy groups -OCH3 is 1. The van der Waals surface area contributed by atoms with Crippen LogP contribution in [0, 0.1) is 11.5 Å². The highest BCUT2D eigenvalue weighted by Crippen LogP contribution is 2.40. The maximum absolute atomic E-state index is 10.9. The molecule has 1 atom stereocenters. The maximum atomic E-state index is 10.9. The van der Waals surface area contributed by atoms with Gasteiger partial charge in [0, 0.05) is 7.11 Å². The number of amides is 1. The van der Waals surface area contributed by atoms with Crippen molar-refractivity contribution >= 4 is 14.0 Å². The number of carbonyl (C=O) groups is 1. The third kappa shape index (κ3) is 5.68. The summed E-state index contributed by atoms with van der Waals surface area (Å²) in [4.78, 5) is 10.9. The Morgan fingerprint density at radius 1 is 1.14 bits per heavy atom. The summed E-state index contributed by atoms with van der Waals surface area (Å²) in [6.07, 6.45) is 3.53. The molecule has 0 aliphatic rings. The van der Waals surface area contributed by atoms with E-state index in [2.05, 4.69) is 53.0 Å². The minimum atomic E-state index is -1.69. The molecule has 0 spiro atoms. The fourth-order valence-corrected chi connectivity index (χ4v) is 8.38. The lowest BCUT2D eigenvalue weighted by Crippen LogP contribution is -2.43. The zero-order valence-electron chi connectivity index (χ0n) is 14.6. The van der Waals surface area contributed by atoms with Crippen molar-refractivity contribution in [2.45, 2.75) is 70.7 Å². The molecule has 0 rings (SSSR count). The van der Waals surface area contributed by atoms with Gasteiger partial charge in [-0.25, -0.2) is 0 Å². The summed E-state index contributed by atoms with van der Waals surface area (Å²) in [5, 5.41) is 0. The minimum Gasteiger partial charge on any atom is -0.377 e. The van der Waals surface area contributed by atoms with Gasteiger partial charge in [0.1, 0.15) is 8.07 Å². The lowest BCUT2D eigenvalue weighted by Gasteiger charge is -2.38. The molecule has 0 fully saturated rings. The van der Waals surface area contributed by atoms with Crippen LogP contribution in [0.5, 0.6) is 0 Å². The lowest BCUT2D eigenvalue weighted by atomic mass is 10.2. The molecule has 0 heterocycles. The Morgan fingerprint density at radius 2 is 1.62 bits per heavy atom. The van der Waals surface area contributed by atoms with Gasteiger partial charge >= 0.3 is 0 Å². The molecule has 0 saturated carbocycles. The van der Waals surface area contributed by atoms with Gasteiger partial charge in [-0.15, -0.1) is 5.54 Å². The van der Waals surface area contributed by atoms with Crippen molar-refractivity contribution in [2.75, 3.05) is 7.11 Å². The van der Waals surface area contributed by atoms with Crippen LogP contribution in [0.2, 0.25) is 16.6 Å². The monoisotopic (exact) mass is 309 g/mol. The molecule has 120 valence electrons. The van der Waals surface area contributed by atoms with Gasteiger partial charge in [-0.3, -0.25) is 4.79 Å². The van der Waals surface area contributed by atoms with Gasteiger partial charge in [-0.2, -0.15) is 0 Å². The van der Waals surface area contributed by atoms with Crippen LogP contribution in [-0.2, 0) is 9.53 Å². The Balaban J connectivity index is 5.18. The van der Waals surface area contributed by atoms with E-state index in [1.54, 1.807) is 7.11 Å². The molecule has 21 heavy (non-hydrogen) atoms. The number of allylic oxidation sites excluding steroid dienone is 1. The maximum Gasteiger partial charge on any atom is 0.220 e. The highest BCUT2D eigenvalue weighted by Gasteiger charge is 2.41. The van der Waals surface area contributed by atoms with Crippen molar-refractivity contribution in [1.29, 1.82) is 0 Å². The summed E-state index contributed by atoms with van der Waals surface area (Å²) in [5.41, 5.74) is 10.6. The van der Waals surface area contributed by atoms with Crippen LogP contribution in [0.3, 0.4) is 0 Å². The smallest absolute Gasteiger partial charge is 0.220 e. The molecule has 0 radical (unpaired) electrons. The van der Waals surface area contributed by atoms with Crippen LogP contribution >= 0.6 is 0 Å². The number of nitrogens with two attached hydrogens (primary N) is 1. The number of carbonyl (C=O) groups excluding carboxylic acids is 1. The van der Waals surface area contributed by atoms with Gasteiger partial charge in [0.25, 0.3) is 0 Å². The molecule has 4 heteroatoms. The summed E-state index contributed by atoms with van der Waals surface area (Å²) in [7, 11) is -0.116. The van der Waals surface area contributed by atoms with Crippen molar-refractivity contribution in [2.24, 2.45) is 5.73 Å². The summed E-state index contributed by atoms with van der Waals surface area (Å²) in [6.45, 7) is 13.7. The quantitative estimate of drug-likeness (QED) is 0.576. The lowest BCUT2D eigenvalue weighted by molar-refractivity contribution is -0.119. The Morgan fingerprint density at radius 3 is 1.95 bits per heavy atom. The summed E-state index contributed by atoms with van der Waals surface area (Å²) in [5.74, 6) is 2.84. The number of ether oxygens (including phenoxy) is 1. The number of hydrogen-bond donors (Lipinski definition) is 1. The topological polar surface area (TPSA) is 52.3 Å². The van der Waals surface area contributed by atoms with E-state index in [1.165, 1.54) is 0 Å². The van der Waals surface area contributed by atoms with E-state index in [-0.39, 0.29) is 18.4 Å².